The maximum absolute atomic E-state index is 6.58. The summed E-state index contributed by atoms with van der Waals surface area (Å²) in [6, 6.07) is 62.1. The van der Waals surface area contributed by atoms with Gasteiger partial charge in [-0.15, -0.1) is 0 Å². The van der Waals surface area contributed by atoms with E-state index < -0.39 is 36.6 Å². The summed E-state index contributed by atoms with van der Waals surface area (Å²) in [6.45, 7) is 28.7. The van der Waals surface area contributed by atoms with E-state index >= 15 is 0 Å². The zero-order valence-corrected chi connectivity index (χ0v) is 49.3. The molecule has 0 unspecified atom stereocenters. The molecule has 4 aliphatic rings. The molecule has 8 heteroatoms. The van der Waals surface area contributed by atoms with Crippen LogP contribution in [0, 0.1) is 0 Å². The minimum absolute atomic E-state index is 0.286. The number of nitrogens with zero attached hydrogens (tertiary/aromatic N) is 2. The second-order valence-electron chi connectivity index (χ2n) is 26.4. The minimum atomic E-state index is -0.431. The van der Waals surface area contributed by atoms with Crippen molar-refractivity contribution in [3.63, 3.8) is 0 Å². The van der Waals surface area contributed by atoms with Crippen LogP contribution in [0.15, 0.2) is 164 Å². The highest BCUT2D eigenvalue weighted by atomic mass is 16.7. The Morgan fingerprint density at radius 3 is 1.36 bits per heavy atom. The Hall–Kier alpha value is -6.67. The molecule has 9 aromatic rings. The van der Waals surface area contributed by atoms with Crippen LogP contribution in [0.2, 0.25) is 0 Å². The standard InChI is InChI=1S/C72H76B2N2O4/c1-14-15-16-17-20-46-23-30-52(31-24-46)76-65-22-19-18-21-59(65)60-41-48(27-40-66(60)76)47-25-32-51(33-26-47)75(53-34-38-57-55-36-28-49(42-61(55)67(2,3)63(57)44-53)73-77-69(6,7)70(8,9)78-73)54-35-39-58-56-37-29-50(43-62(56)68(4,5)64(58)45-54)74-79-71(10,11)72(12,13)80-74/h18-19,21-45H,14-17,20H2,1-13H3. The van der Waals surface area contributed by atoms with E-state index in [1.165, 1.54) is 114 Å². The summed E-state index contributed by atoms with van der Waals surface area (Å²) in [6.07, 6.45) is 6.23. The van der Waals surface area contributed by atoms with Crippen LogP contribution in [0.5, 0.6) is 0 Å². The number of aryl methyl sites for hydroxylation is 1. The molecule has 0 amide bonds. The number of aromatic nitrogens is 1. The Morgan fingerprint density at radius 1 is 0.400 bits per heavy atom. The summed E-state index contributed by atoms with van der Waals surface area (Å²) in [4.78, 5) is 2.46. The minimum Gasteiger partial charge on any atom is -0.399 e. The van der Waals surface area contributed by atoms with E-state index in [4.69, 9.17) is 18.6 Å². The van der Waals surface area contributed by atoms with Gasteiger partial charge in [-0.2, -0.15) is 0 Å². The molecule has 3 heterocycles. The highest BCUT2D eigenvalue weighted by molar-refractivity contribution is 6.62. The van der Waals surface area contributed by atoms with Crippen LogP contribution >= 0.6 is 0 Å². The molecule has 2 aliphatic heterocycles. The van der Waals surface area contributed by atoms with Gasteiger partial charge in [0, 0.05) is 44.4 Å². The average molecular weight is 1060 g/mol. The summed E-state index contributed by atoms with van der Waals surface area (Å²) in [7, 11) is -0.862. The molecular formula is C72H76B2N2O4. The first-order valence-electron chi connectivity index (χ1n) is 29.4. The van der Waals surface area contributed by atoms with Crippen molar-refractivity contribution in [3.05, 3.63) is 192 Å². The molecule has 2 saturated heterocycles. The third-order valence-electron chi connectivity index (χ3n) is 19.6. The van der Waals surface area contributed by atoms with Gasteiger partial charge < -0.3 is 28.1 Å². The number of unbranched alkanes of at least 4 members (excludes halogenated alkanes) is 3. The third-order valence-corrected chi connectivity index (χ3v) is 19.6. The molecule has 8 aromatic carbocycles. The summed E-state index contributed by atoms with van der Waals surface area (Å²) in [5.41, 5.74) is 20.8. The van der Waals surface area contributed by atoms with Gasteiger partial charge >= 0.3 is 14.2 Å². The van der Waals surface area contributed by atoms with Crippen molar-refractivity contribution in [3.8, 4) is 39.1 Å². The molecule has 0 N–H and O–H groups in total. The van der Waals surface area contributed by atoms with Gasteiger partial charge in [-0.3, -0.25) is 0 Å². The maximum Gasteiger partial charge on any atom is 0.494 e. The zero-order chi connectivity index (χ0) is 55.9. The largest absolute Gasteiger partial charge is 0.494 e. The lowest BCUT2D eigenvalue weighted by Crippen LogP contribution is -2.41. The molecule has 404 valence electrons. The number of fused-ring (bicyclic) bond motifs is 9. The average Bonchev–Trinajstić information content (AvgIpc) is 3.70. The number of para-hydroxylation sites is 1. The third kappa shape index (κ3) is 8.37. The van der Waals surface area contributed by atoms with Crippen LogP contribution in [0.4, 0.5) is 17.1 Å². The van der Waals surface area contributed by atoms with Crippen LogP contribution in [-0.2, 0) is 35.9 Å². The lowest BCUT2D eigenvalue weighted by molar-refractivity contribution is 0.00578. The van der Waals surface area contributed by atoms with E-state index in [2.05, 4.69) is 263 Å². The molecular weight excluding hydrogens is 978 g/mol. The second kappa shape index (κ2) is 18.7. The monoisotopic (exact) mass is 1050 g/mol. The molecule has 1 aromatic heterocycles. The number of benzene rings is 8. The number of anilines is 3. The molecule has 0 atom stereocenters. The molecule has 13 rings (SSSR count). The van der Waals surface area contributed by atoms with Crippen molar-refractivity contribution in [2.24, 2.45) is 0 Å². The first-order valence-corrected chi connectivity index (χ1v) is 29.4. The lowest BCUT2D eigenvalue weighted by Gasteiger charge is -2.32. The topological polar surface area (TPSA) is 45.1 Å². The van der Waals surface area contributed by atoms with Gasteiger partial charge in [0.1, 0.15) is 0 Å². The van der Waals surface area contributed by atoms with E-state index in [9.17, 15) is 0 Å². The number of rotatable bonds is 12. The van der Waals surface area contributed by atoms with Gasteiger partial charge in [0.2, 0.25) is 0 Å². The normalized spacial score (nSPS) is 18.4. The van der Waals surface area contributed by atoms with E-state index in [1.807, 2.05) is 0 Å². The van der Waals surface area contributed by atoms with Crippen LogP contribution in [0.25, 0.3) is 60.9 Å². The zero-order valence-electron chi connectivity index (χ0n) is 49.3. The molecule has 80 heavy (non-hydrogen) atoms. The first kappa shape index (κ1) is 52.7. The molecule has 2 aliphatic carbocycles. The number of hydrogen-bond acceptors (Lipinski definition) is 5. The van der Waals surface area contributed by atoms with Crippen molar-refractivity contribution < 1.29 is 18.6 Å². The molecule has 0 radical (unpaired) electrons. The fraction of sp³-hybridized carbons (Fsp3) is 0.333. The Balaban J connectivity index is 0.876. The fourth-order valence-electron chi connectivity index (χ4n) is 13.3. The van der Waals surface area contributed by atoms with Crippen molar-refractivity contribution in [2.45, 2.75) is 155 Å². The van der Waals surface area contributed by atoms with Crippen molar-refractivity contribution in [2.75, 3.05) is 4.90 Å². The van der Waals surface area contributed by atoms with Crippen molar-refractivity contribution in [1.29, 1.82) is 0 Å². The summed E-state index contributed by atoms with van der Waals surface area (Å²) in [5, 5.41) is 2.51. The van der Waals surface area contributed by atoms with Gasteiger partial charge in [-0.05, 0) is 207 Å². The second-order valence-corrected chi connectivity index (χ2v) is 26.4. The smallest absolute Gasteiger partial charge is 0.399 e. The fourth-order valence-corrected chi connectivity index (χ4v) is 13.3. The Kier molecular flexibility index (Phi) is 12.3. The van der Waals surface area contributed by atoms with Gasteiger partial charge in [0.15, 0.2) is 0 Å². The Bertz CT molecular complexity index is 3740. The Morgan fingerprint density at radius 2 is 0.850 bits per heavy atom. The van der Waals surface area contributed by atoms with E-state index in [0.717, 1.165) is 34.4 Å². The lowest BCUT2D eigenvalue weighted by atomic mass is 9.74. The number of hydrogen-bond donors (Lipinski definition) is 0. The van der Waals surface area contributed by atoms with Crippen LogP contribution in [0.3, 0.4) is 0 Å². The summed E-state index contributed by atoms with van der Waals surface area (Å²) >= 11 is 0. The highest BCUT2D eigenvalue weighted by Crippen LogP contribution is 2.54. The van der Waals surface area contributed by atoms with Gasteiger partial charge in [0.25, 0.3) is 0 Å². The predicted octanol–water partition coefficient (Wildman–Crippen LogP) is 17.3. The molecule has 0 saturated carbocycles. The Labute approximate surface area is 475 Å². The summed E-state index contributed by atoms with van der Waals surface area (Å²) in [5.74, 6) is 0. The quantitative estimate of drug-likeness (QED) is 0.0901. The molecule has 2 fully saturated rings. The maximum atomic E-state index is 6.58. The van der Waals surface area contributed by atoms with Gasteiger partial charge in [-0.1, -0.05) is 151 Å². The van der Waals surface area contributed by atoms with Crippen LogP contribution in [0.1, 0.15) is 144 Å². The van der Waals surface area contributed by atoms with Crippen molar-refractivity contribution >= 4 is 64.0 Å². The summed E-state index contributed by atoms with van der Waals surface area (Å²) < 4.78 is 28.8. The molecule has 6 nitrogen and oxygen atoms in total. The van der Waals surface area contributed by atoms with Crippen LogP contribution in [-0.4, -0.2) is 41.2 Å². The SMILES string of the molecule is CCCCCCc1ccc(-n2c3ccccc3c3cc(-c4ccc(N(c5ccc6c(c5)C(C)(C)c5cc(B7OC(C)(C)C(C)(C)O7)ccc5-6)c5ccc6c(c5)C(C)(C)c5cc(B7OC(C)(C)C(C)(C)O7)ccc5-6)cc4)ccc32)cc1. The first-order chi connectivity index (χ1) is 38.1. The highest BCUT2D eigenvalue weighted by Gasteiger charge is 2.53. The van der Waals surface area contributed by atoms with E-state index in [1.54, 1.807) is 0 Å². The molecule has 0 bridgehead atoms. The predicted molar refractivity (Wildman–Crippen MR) is 335 cm³/mol. The van der Waals surface area contributed by atoms with Gasteiger partial charge in [-0.25, -0.2) is 0 Å². The van der Waals surface area contributed by atoms with E-state index in [0.29, 0.717) is 0 Å². The van der Waals surface area contributed by atoms with Crippen LogP contribution < -0.4 is 15.8 Å². The molecule has 0 spiro atoms. The van der Waals surface area contributed by atoms with Crippen molar-refractivity contribution in [1.82, 2.24) is 4.57 Å². The van der Waals surface area contributed by atoms with Gasteiger partial charge in [0.05, 0.1) is 33.4 Å². The van der Waals surface area contributed by atoms with E-state index in [-0.39, 0.29) is 10.8 Å².